The van der Waals surface area contributed by atoms with Crippen LogP contribution in [0.1, 0.15) is 36.7 Å². The second kappa shape index (κ2) is 4.38. The number of fused-ring (bicyclic) bond motifs is 1. The summed E-state index contributed by atoms with van der Waals surface area (Å²) in [6.45, 7) is 6.15. The monoisotopic (exact) mass is 247 g/mol. The summed E-state index contributed by atoms with van der Waals surface area (Å²) in [6.07, 6.45) is 2.18. The molecular formula is C13H14ClN3. The van der Waals surface area contributed by atoms with E-state index in [-0.39, 0.29) is 0 Å². The molecule has 0 saturated carbocycles. The zero-order valence-corrected chi connectivity index (χ0v) is 10.9. The summed E-state index contributed by atoms with van der Waals surface area (Å²) in [4.78, 5) is 4.62. The number of imidazole rings is 1. The van der Waals surface area contributed by atoms with E-state index in [1.807, 2.05) is 23.6 Å². The van der Waals surface area contributed by atoms with E-state index in [0.717, 1.165) is 22.6 Å². The Balaban J connectivity index is 2.81. The number of nitrogens with zero attached hydrogens (tertiary/aromatic N) is 3. The molecule has 0 aliphatic rings. The fraction of sp³-hybridized carbons (Fsp3) is 0.385. The van der Waals surface area contributed by atoms with Crippen LogP contribution >= 0.6 is 11.6 Å². The Hall–Kier alpha value is -1.53. The van der Waals surface area contributed by atoms with E-state index < -0.39 is 0 Å². The molecule has 88 valence electrons. The average Bonchev–Trinajstić information content (AvgIpc) is 2.58. The second-order valence-electron chi connectivity index (χ2n) is 4.47. The first-order valence-electron chi connectivity index (χ1n) is 5.58. The van der Waals surface area contributed by atoms with Crippen molar-refractivity contribution in [1.82, 2.24) is 9.38 Å². The van der Waals surface area contributed by atoms with Crippen molar-refractivity contribution in [3.05, 3.63) is 34.2 Å². The third-order valence-corrected chi connectivity index (χ3v) is 3.00. The largest absolute Gasteiger partial charge is 0.301 e. The summed E-state index contributed by atoms with van der Waals surface area (Å²) in [6, 6.07) is 4.09. The van der Waals surface area contributed by atoms with Gasteiger partial charge in [0.1, 0.15) is 5.65 Å². The van der Waals surface area contributed by atoms with Crippen molar-refractivity contribution < 1.29 is 0 Å². The van der Waals surface area contributed by atoms with Gasteiger partial charge in [0.05, 0.1) is 28.9 Å². The molecule has 17 heavy (non-hydrogen) atoms. The van der Waals surface area contributed by atoms with Crippen molar-refractivity contribution in [1.29, 1.82) is 5.26 Å². The molecule has 3 nitrogen and oxygen atoms in total. The van der Waals surface area contributed by atoms with E-state index >= 15 is 0 Å². The normalized spacial score (nSPS) is 11.1. The number of aromatic nitrogens is 2. The van der Waals surface area contributed by atoms with E-state index in [2.05, 4.69) is 24.9 Å². The summed E-state index contributed by atoms with van der Waals surface area (Å²) in [5, 5.41) is 9.59. The Morgan fingerprint density at radius 3 is 2.82 bits per heavy atom. The summed E-state index contributed by atoms with van der Waals surface area (Å²) in [5.74, 6) is 0.302. The van der Waals surface area contributed by atoms with Gasteiger partial charge in [-0.1, -0.05) is 25.4 Å². The summed E-state index contributed by atoms with van der Waals surface area (Å²) in [7, 11) is 0. The van der Waals surface area contributed by atoms with Crippen LogP contribution in [0, 0.1) is 18.3 Å². The van der Waals surface area contributed by atoms with E-state index in [9.17, 15) is 0 Å². The van der Waals surface area contributed by atoms with Crippen LogP contribution in [0.5, 0.6) is 0 Å². The maximum Gasteiger partial charge on any atom is 0.140 e. The maximum atomic E-state index is 8.92. The molecule has 0 atom stereocenters. The van der Waals surface area contributed by atoms with Crippen LogP contribution in [0.3, 0.4) is 0 Å². The molecule has 4 heteroatoms. The number of pyridine rings is 1. The van der Waals surface area contributed by atoms with E-state index in [1.54, 1.807) is 0 Å². The Morgan fingerprint density at radius 2 is 2.24 bits per heavy atom. The molecule has 0 N–H and O–H groups in total. The fourth-order valence-electron chi connectivity index (χ4n) is 2.05. The van der Waals surface area contributed by atoms with Gasteiger partial charge in [-0.25, -0.2) is 4.98 Å². The highest BCUT2D eigenvalue weighted by Crippen LogP contribution is 2.25. The topological polar surface area (TPSA) is 41.1 Å². The van der Waals surface area contributed by atoms with Gasteiger partial charge in [-0.15, -0.1) is 0 Å². The molecule has 0 aromatic carbocycles. The average molecular weight is 248 g/mol. The maximum absolute atomic E-state index is 8.92. The number of aryl methyl sites for hydroxylation is 1. The van der Waals surface area contributed by atoms with Crippen LogP contribution in [0.25, 0.3) is 5.65 Å². The molecule has 0 aliphatic heterocycles. The molecule has 0 aliphatic carbocycles. The third kappa shape index (κ3) is 2.01. The first kappa shape index (κ1) is 11.9. The summed E-state index contributed by atoms with van der Waals surface area (Å²) >= 11 is 6.05. The van der Waals surface area contributed by atoms with Gasteiger partial charge in [-0.05, 0) is 24.5 Å². The molecule has 2 heterocycles. The SMILES string of the molecule is Cc1cc(Cl)cn2c(CC#N)c(C(C)C)nc12. The highest BCUT2D eigenvalue weighted by atomic mass is 35.5. The van der Waals surface area contributed by atoms with Crippen molar-refractivity contribution >= 4 is 17.2 Å². The lowest BCUT2D eigenvalue weighted by atomic mass is 10.1. The van der Waals surface area contributed by atoms with E-state index in [0.29, 0.717) is 17.4 Å². The van der Waals surface area contributed by atoms with Crippen LogP contribution in [0.4, 0.5) is 0 Å². The van der Waals surface area contributed by atoms with E-state index in [1.165, 1.54) is 0 Å². The molecular weight excluding hydrogens is 234 g/mol. The predicted molar refractivity (Wildman–Crippen MR) is 68.3 cm³/mol. The van der Waals surface area contributed by atoms with Crippen LogP contribution < -0.4 is 0 Å². The molecule has 2 aromatic rings. The van der Waals surface area contributed by atoms with Gasteiger partial charge in [-0.2, -0.15) is 5.26 Å². The highest BCUT2D eigenvalue weighted by molar-refractivity contribution is 6.30. The first-order chi connectivity index (χ1) is 8.04. The number of halogens is 1. The minimum Gasteiger partial charge on any atom is -0.301 e. The smallest absolute Gasteiger partial charge is 0.140 e. The van der Waals surface area contributed by atoms with Crippen molar-refractivity contribution in [3.63, 3.8) is 0 Å². The lowest BCUT2D eigenvalue weighted by molar-refractivity contribution is 0.814. The summed E-state index contributed by atoms with van der Waals surface area (Å²) < 4.78 is 1.94. The number of hydrogen-bond acceptors (Lipinski definition) is 2. The summed E-state index contributed by atoms with van der Waals surface area (Å²) in [5.41, 5.74) is 3.85. The Labute approximate surface area is 106 Å². The van der Waals surface area contributed by atoms with Gasteiger partial charge in [0.2, 0.25) is 0 Å². The molecule has 2 rings (SSSR count). The van der Waals surface area contributed by atoms with E-state index in [4.69, 9.17) is 16.9 Å². The predicted octanol–water partition coefficient (Wildman–Crippen LogP) is 3.49. The molecule has 0 bridgehead atoms. The molecule has 0 radical (unpaired) electrons. The molecule has 0 fully saturated rings. The Bertz CT molecular complexity index is 605. The quantitative estimate of drug-likeness (QED) is 0.815. The van der Waals surface area contributed by atoms with Crippen LogP contribution in [-0.4, -0.2) is 9.38 Å². The standard InChI is InChI=1S/C13H14ClN3/c1-8(2)12-11(4-5-15)17-7-10(14)6-9(3)13(17)16-12/h6-8H,4H2,1-3H3. The number of hydrogen-bond donors (Lipinski definition) is 0. The Kier molecular flexibility index (Phi) is 3.08. The third-order valence-electron chi connectivity index (χ3n) is 2.79. The van der Waals surface area contributed by atoms with Gasteiger partial charge in [0.15, 0.2) is 0 Å². The van der Waals surface area contributed by atoms with Crippen LogP contribution in [-0.2, 0) is 6.42 Å². The number of nitriles is 1. The molecule has 0 unspecified atom stereocenters. The van der Waals surface area contributed by atoms with Gasteiger partial charge in [0.25, 0.3) is 0 Å². The fourth-order valence-corrected chi connectivity index (χ4v) is 2.31. The minimum absolute atomic E-state index is 0.302. The van der Waals surface area contributed by atoms with Crippen LogP contribution in [0.2, 0.25) is 5.02 Å². The zero-order chi connectivity index (χ0) is 12.6. The molecule has 2 aromatic heterocycles. The Morgan fingerprint density at radius 1 is 1.53 bits per heavy atom. The zero-order valence-electron chi connectivity index (χ0n) is 10.2. The van der Waals surface area contributed by atoms with Crippen molar-refractivity contribution in [3.8, 4) is 6.07 Å². The lowest BCUT2D eigenvalue weighted by Crippen LogP contribution is -1.97. The van der Waals surface area contributed by atoms with Gasteiger partial charge in [0, 0.05) is 6.20 Å². The van der Waals surface area contributed by atoms with Gasteiger partial charge >= 0.3 is 0 Å². The second-order valence-corrected chi connectivity index (χ2v) is 4.90. The number of rotatable bonds is 2. The first-order valence-corrected chi connectivity index (χ1v) is 5.96. The van der Waals surface area contributed by atoms with Gasteiger partial charge < -0.3 is 4.40 Å². The van der Waals surface area contributed by atoms with Gasteiger partial charge in [-0.3, -0.25) is 0 Å². The van der Waals surface area contributed by atoms with Crippen molar-refractivity contribution in [2.45, 2.75) is 33.1 Å². The highest BCUT2D eigenvalue weighted by Gasteiger charge is 2.16. The molecule has 0 spiro atoms. The molecule has 0 saturated heterocycles. The van der Waals surface area contributed by atoms with Crippen LogP contribution in [0.15, 0.2) is 12.3 Å². The molecule has 0 amide bonds. The van der Waals surface area contributed by atoms with Crippen molar-refractivity contribution in [2.75, 3.05) is 0 Å². The van der Waals surface area contributed by atoms with Crippen molar-refractivity contribution in [2.24, 2.45) is 0 Å². The minimum atomic E-state index is 0.302. The lowest BCUT2D eigenvalue weighted by Gasteiger charge is -2.04.